The van der Waals surface area contributed by atoms with Gasteiger partial charge in [0.1, 0.15) is 11.4 Å². The number of nitrogens with one attached hydrogen (secondary N) is 1. The maximum Gasteiger partial charge on any atom is 0.432 e. The highest BCUT2D eigenvalue weighted by Gasteiger charge is 2.33. The monoisotopic (exact) mass is 539 g/mol. The second-order valence-corrected chi connectivity index (χ2v) is 8.31. The van der Waals surface area contributed by atoms with Crippen LogP contribution in [-0.2, 0) is 6.18 Å². The Hall–Kier alpha value is -6.11. The normalized spacial score (nSPS) is 8.32. The molecule has 0 saturated heterocycles. The molecule has 3 aromatic rings. The second kappa shape index (κ2) is 14.6. The van der Waals surface area contributed by atoms with Gasteiger partial charge in [-0.1, -0.05) is 12.0 Å². The number of H-pyrrole nitrogens is 1. The third kappa shape index (κ3) is 9.08. The van der Waals surface area contributed by atoms with Gasteiger partial charge in [0.15, 0.2) is 0 Å². The Bertz CT molecular complexity index is 2000. The van der Waals surface area contributed by atoms with Gasteiger partial charge in [0, 0.05) is 16.6 Å². The quantitative estimate of drug-likeness (QED) is 0.470. The zero-order chi connectivity index (χ0) is 28.6. The molecule has 0 radical (unpaired) electrons. The Morgan fingerprint density at radius 3 is 1.75 bits per heavy atom. The van der Waals surface area contributed by atoms with Crippen LogP contribution in [0.4, 0.5) is 13.2 Å². The molecule has 0 unspecified atom stereocenters. The lowest BCUT2D eigenvalue weighted by atomic mass is 10.1. The summed E-state index contributed by atoms with van der Waals surface area (Å²) in [5.41, 5.74) is 1.25. The van der Waals surface area contributed by atoms with Crippen molar-refractivity contribution in [2.75, 3.05) is 0 Å². The number of hydrogen-bond acceptors (Lipinski definition) is 3. The summed E-state index contributed by atoms with van der Waals surface area (Å²) in [5.74, 6) is 46.4. The van der Waals surface area contributed by atoms with Gasteiger partial charge >= 0.3 is 6.18 Å². The van der Waals surface area contributed by atoms with E-state index in [1.807, 2.05) is 18.1 Å². The first kappa shape index (κ1) is 28.5. The van der Waals surface area contributed by atoms with Crippen LogP contribution < -0.4 is 0 Å². The molecule has 186 valence electrons. The number of nitrogens with zero attached hydrogens (tertiary/aromatic N) is 2. The number of halogens is 3. The van der Waals surface area contributed by atoms with Crippen LogP contribution in [0.15, 0.2) is 30.5 Å². The Kier molecular flexibility index (Phi) is 10.4. The molecule has 0 aliphatic rings. The van der Waals surface area contributed by atoms with E-state index in [0.717, 1.165) is 26.9 Å². The molecule has 3 rings (SSSR count). The van der Waals surface area contributed by atoms with Crippen LogP contribution in [0.3, 0.4) is 0 Å². The van der Waals surface area contributed by atoms with E-state index in [1.54, 1.807) is 25.3 Å². The van der Waals surface area contributed by atoms with Gasteiger partial charge in [0.05, 0.1) is 10.6 Å². The molecular formula is C33H12F3N3S. The molecule has 0 aliphatic heterocycles. The van der Waals surface area contributed by atoms with Crippen molar-refractivity contribution in [1.82, 2.24) is 15.2 Å². The van der Waals surface area contributed by atoms with E-state index in [-0.39, 0.29) is 5.69 Å². The maximum absolute atomic E-state index is 12.8. The molecule has 0 bridgehead atoms. The lowest BCUT2D eigenvalue weighted by Gasteiger charge is -2.01. The number of rotatable bonds is 2. The molecular weight excluding hydrogens is 527 g/mol. The minimum Gasteiger partial charge on any atom is -0.273 e. The molecule has 0 spiro atoms. The van der Waals surface area contributed by atoms with Crippen molar-refractivity contribution in [1.29, 1.82) is 0 Å². The fraction of sp³-hybridized carbons (Fsp3) is 0.0909. The summed E-state index contributed by atoms with van der Waals surface area (Å²) in [6.45, 7) is 3.63. The smallest absolute Gasteiger partial charge is 0.273 e. The van der Waals surface area contributed by atoms with E-state index >= 15 is 0 Å². The fourth-order valence-corrected chi connectivity index (χ4v) is 3.62. The van der Waals surface area contributed by atoms with Gasteiger partial charge in [0.2, 0.25) is 0 Å². The van der Waals surface area contributed by atoms with E-state index in [4.69, 9.17) is 0 Å². The van der Waals surface area contributed by atoms with E-state index in [9.17, 15) is 13.2 Å². The van der Waals surface area contributed by atoms with Crippen LogP contribution in [0, 0.1) is 113 Å². The summed E-state index contributed by atoms with van der Waals surface area (Å²) < 4.78 is 38.4. The van der Waals surface area contributed by atoms with Crippen molar-refractivity contribution in [3.05, 3.63) is 45.9 Å². The molecule has 7 heteroatoms. The Balaban J connectivity index is 1.58. The highest BCUT2D eigenvalue weighted by atomic mass is 32.1. The van der Waals surface area contributed by atoms with Crippen molar-refractivity contribution in [3.8, 4) is 129 Å². The van der Waals surface area contributed by atoms with Crippen LogP contribution in [0.2, 0.25) is 0 Å². The minimum atomic E-state index is -4.50. The first-order chi connectivity index (χ1) is 19.4. The summed E-state index contributed by atoms with van der Waals surface area (Å²) >= 11 is 1.49. The first-order valence-electron chi connectivity index (χ1n) is 11.0. The minimum absolute atomic E-state index is 0.115. The highest BCUT2D eigenvalue weighted by molar-refractivity contribution is 7.13. The van der Waals surface area contributed by atoms with Crippen LogP contribution in [0.1, 0.15) is 22.4 Å². The van der Waals surface area contributed by atoms with E-state index < -0.39 is 11.9 Å². The number of pyridine rings is 1. The molecule has 0 saturated carbocycles. The molecule has 0 aliphatic carbocycles. The molecule has 3 nitrogen and oxygen atoms in total. The number of thiophene rings is 1. The van der Waals surface area contributed by atoms with Gasteiger partial charge < -0.3 is 0 Å². The lowest BCUT2D eigenvalue weighted by molar-refractivity contribution is -0.141. The molecule has 0 atom stereocenters. The second-order valence-electron chi connectivity index (χ2n) is 7.05. The molecule has 0 aromatic carbocycles. The predicted molar refractivity (Wildman–Crippen MR) is 150 cm³/mol. The summed E-state index contributed by atoms with van der Waals surface area (Å²) in [7, 11) is 0. The van der Waals surface area contributed by atoms with Crippen LogP contribution in [-0.4, -0.2) is 15.2 Å². The van der Waals surface area contributed by atoms with Gasteiger partial charge in [-0.25, -0.2) is 0 Å². The van der Waals surface area contributed by atoms with Crippen molar-refractivity contribution in [3.63, 3.8) is 0 Å². The topological polar surface area (TPSA) is 41.6 Å². The highest BCUT2D eigenvalue weighted by Crippen LogP contribution is 2.32. The first-order valence-corrected chi connectivity index (χ1v) is 11.8. The number of hydrogen-bond donors (Lipinski definition) is 1. The average Bonchev–Trinajstić information content (AvgIpc) is 3.58. The number of aryl methyl sites for hydroxylation is 1. The summed E-state index contributed by atoms with van der Waals surface area (Å²) in [6, 6.07) is 6.23. The molecule has 1 N–H and O–H groups in total. The number of alkyl halides is 3. The van der Waals surface area contributed by atoms with Crippen molar-refractivity contribution < 1.29 is 13.2 Å². The van der Waals surface area contributed by atoms with E-state index in [1.165, 1.54) is 11.3 Å². The van der Waals surface area contributed by atoms with E-state index in [2.05, 4.69) is 117 Å². The van der Waals surface area contributed by atoms with Gasteiger partial charge in [-0.05, 0) is 138 Å². The Morgan fingerprint density at radius 2 is 1.27 bits per heavy atom. The number of aromatic amines is 1. The molecule has 0 fully saturated rings. The van der Waals surface area contributed by atoms with Crippen molar-refractivity contribution in [2.45, 2.75) is 20.0 Å². The standard InChI is InChI=1S/C33H12F3N3S/c1-3-4-5-6-7-8-9-10-11-12-13-14-15-16-17-18-19-20-28-23-29(26(2)40-28)27-21-22-30(37-25-27)31-24-32(39-38-31)33(34,35)36/h21-25H,1-2H3,(H,38,39). The molecule has 3 heterocycles. The molecule has 40 heavy (non-hydrogen) atoms. The van der Waals surface area contributed by atoms with Crippen molar-refractivity contribution in [2.24, 2.45) is 0 Å². The van der Waals surface area contributed by atoms with Crippen LogP contribution in [0.5, 0.6) is 0 Å². The van der Waals surface area contributed by atoms with E-state index in [0.29, 0.717) is 5.69 Å². The van der Waals surface area contributed by atoms with Crippen LogP contribution in [0.25, 0.3) is 22.5 Å². The maximum atomic E-state index is 12.8. The molecule has 0 amide bonds. The van der Waals surface area contributed by atoms with Gasteiger partial charge in [-0.15, -0.1) is 11.3 Å². The summed E-state index contributed by atoms with van der Waals surface area (Å²) in [6.07, 6.45) is -2.91. The summed E-state index contributed by atoms with van der Waals surface area (Å²) in [4.78, 5) is 6.07. The molecule has 3 aromatic heterocycles. The average molecular weight is 540 g/mol. The predicted octanol–water partition coefficient (Wildman–Crippen LogP) is 4.93. The zero-order valence-corrected chi connectivity index (χ0v) is 21.6. The third-order valence-corrected chi connectivity index (χ3v) is 5.35. The van der Waals surface area contributed by atoms with Gasteiger partial charge in [-0.3, -0.25) is 10.1 Å². The van der Waals surface area contributed by atoms with Crippen LogP contribution >= 0.6 is 11.3 Å². The Morgan fingerprint density at radius 1 is 0.725 bits per heavy atom. The zero-order valence-electron chi connectivity index (χ0n) is 20.8. The fourth-order valence-electron chi connectivity index (χ4n) is 2.73. The Labute approximate surface area is 234 Å². The SMILES string of the molecule is CC#CC#CC#CC#CC#CC#CC#CC#CC#Cc1cc(-c2ccc(-c3cc(C(F)(F)F)[nH]n3)nc2)c(C)s1. The summed E-state index contributed by atoms with van der Waals surface area (Å²) in [5, 5.41) is 5.68. The largest absolute Gasteiger partial charge is 0.432 e. The lowest BCUT2D eigenvalue weighted by Crippen LogP contribution is -2.04. The van der Waals surface area contributed by atoms with Crippen molar-refractivity contribution >= 4 is 11.3 Å². The van der Waals surface area contributed by atoms with Gasteiger partial charge in [0.25, 0.3) is 0 Å². The number of aromatic nitrogens is 3. The third-order valence-electron chi connectivity index (χ3n) is 4.39. The van der Waals surface area contributed by atoms with Gasteiger partial charge in [-0.2, -0.15) is 18.3 Å².